The van der Waals surface area contributed by atoms with Crippen molar-refractivity contribution in [1.29, 1.82) is 0 Å². The van der Waals surface area contributed by atoms with Crippen LogP contribution in [0.3, 0.4) is 0 Å². The summed E-state index contributed by atoms with van der Waals surface area (Å²) in [6.07, 6.45) is 1.18. The molecular weight excluding hydrogens is 336 g/mol. The van der Waals surface area contributed by atoms with E-state index in [0.717, 1.165) is 22.4 Å². The molecule has 0 aliphatic carbocycles. The van der Waals surface area contributed by atoms with Crippen LogP contribution in [0.1, 0.15) is 48.4 Å². The Morgan fingerprint density at radius 3 is 2.84 bits per heavy atom. The third-order valence-corrected chi connectivity index (χ3v) is 4.91. The zero-order chi connectivity index (χ0) is 17.8. The average Bonchev–Trinajstić information content (AvgIpc) is 3.24. The van der Waals surface area contributed by atoms with Gasteiger partial charge in [-0.2, -0.15) is 16.4 Å². The third kappa shape index (κ3) is 4.14. The van der Waals surface area contributed by atoms with Gasteiger partial charge < -0.3 is 5.11 Å². The van der Waals surface area contributed by atoms with Crippen molar-refractivity contribution in [3.05, 3.63) is 57.8 Å². The number of nitrogens with zero attached hydrogens (tertiary/aromatic N) is 2. The second-order valence-corrected chi connectivity index (χ2v) is 6.96. The van der Waals surface area contributed by atoms with Crippen molar-refractivity contribution < 1.29 is 14.7 Å². The molecule has 3 rings (SSSR count). The zero-order valence-corrected chi connectivity index (χ0v) is 14.8. The van der Waals surface area contributed by atoms with Crippen molar-refractivity contribution in [3.63, 3.8) is 0 Å². The van der Waals surface area contributed by atoms with E-state index in [1.807, 2.05) is 41.9 Å². The SMILES string of the molecule is Cc1cccc([C@@H]2CC(c3ccsc3)=NN2C(=O)CCCC(=O)O)c1. The Balaban J connectivity index is 1.83. The molecule has 0 radical (unpaired) electrons. The normalized spacial score (nSPS) is 16.8. The number of aliphatic carboxylic acids is 1. The Morgan fingerprint density at radius 1 is 1.32 bits per heavy atom. The molecule has 1 amide bonds. The Morgan fingerprint density at radius 2 is 2.16 bits per heavy atom. The number of hydrogen-bond acceptors (Lipinski definition) is 4. The lowest BCUT2D eigenvalue weighted by atomic mass is 9.98. The van der Waals surface area contributed by atoms with Crippen molar-refractivity contribution >= 4 is 28.9 Å². The molecule has 2 heterocycles. The highest BCUT2D eigenvalue weighted by atomic mass is 32.1. The topological polar surface area (TPSA) is 70.0 Å². The number of aryl methyl sites for hydroxylation is 1. The van der Waals surface area contributed by atoms with E-state index in [4.69, 9.17) is 5.11 Å². The van der Waals surface area contributed by atoms with Crippen LogP contribution in [-0.2, 0) is 9.59 Å². The molecule has 0 saturated heterocycles. The van der Waals surface area contributed by atoms with Gasteiger partial charge in [-0.1, -0.05) is 29.8 Å². The fourth-order valence-corrected chi connectivity index (χ4v) is 3.65. The van der Waals surface area contributed by atoms with E-state index in [0.29, 0.717) is 12.8 Å². The Hall–Kier alpha value is -2.47. The van der Waals surface area contributed by atoms with Crippen LogP contribution in [0.15, 0.2) is 46.2 Å². The molecule has 1 aromatic heterocycles. The number of benzene rings is 1. The van der Waals surface area contributed by atoms with Crippen molar-refractivity contribution in [3.8, 4) is 0 Å². The molecule has 1 aliphatic heterocycles. The van der Waals surface area contributed by atoms with Gasteiger partial charge in [0.05, 0.1) is 11.8 Å². The van der Waals surface area contributed by atoms with E-state index in [1.54, 1.807) is 16.3 Å². The fourth-order valence-electron chi connectivity index (χ4n) is 2.99. The second kappa shape index (κ2) is 7.61. The lowest BCUT2D eigenvalue weighted by Crippen LogP contribution is -2.27. The highest BCUT2D eigenvalue weighted by molar-refractivity contribution is 7.08. The number of amides is 1. The molecule has 0 bridgehead atoms. The predicted molar refractivity (Wildman–Crippen MR) is 97.7 cm³/mol. The maximum Gasteiger partial charge on any atom is 0.303 e. The number of thiophene rings is 1. The first kappa shape index (κ1) is 17.4. The molecule has 130 valence electrons. The van der Waals surface area contributed by atoms with Crippen LogP contribution in [0, 0.1) is 6.92 Å². The molecule has 6 heteroatoms. The average molecular weight is 356 g/mol. The number of rotatable bonds is 6. The van der Waals surface area contributed by atoms with Crippen molar-refractivity contribution in [2.45, 2.75) is 38.6 Å². The standard InChI is InChI=1S/C19H20N2O3S/c1-13-4-2-5-14(10-13)17-11-16(15-8-9-25-12-15)20-21(17)18(22)6-3-7-19(23)24/h2,4-5,8-10,12,17H,3,6-7,11H2,1H3,(H,23,24)/t17-/m0/s1. The molecule has 0 saturated carbocycles. The summed E-state index contributed by atoms with van der Waals surface area (Å²) in [4.78, 5) is 23.3. The number of carbonyl (C=O) groups is 2. The van der Waals surface area contributed by atoms with Crippen LogP contribution in [0.4, 0.5) is 0 Å². The summed E-state index contributed by atoms with van der Waals surface area (Å²) >= 11 is 1.60. The summed E-state index contributed by atoms with van der Waals surface area (Å²) in [7, 11) is 0. The van der Waals surface area contributed by atoms with Gasteiger partial charge in [-0.05, 0) is 35.7 Å². The van der Waals surface area contributed by atoms with Gasteiger partial charge in [0.2, 0.25) is 5.91 Å². The minimum atomic E-state index is -0.882. The van der Waals surface area contributed by atoms with Gasteiger partial charge in [-0.25, -0.2) is 5.01 Å². The van der Waals surface area contributed by atoms with E-state index < -0.39 is 5.97 Å². The molecule has 5 nitrogen and oxygen atoms in total. The summed E-state index contributed by atoms with van der Waals surface area (Å²) in [6.45, 7) is 2.03. The van der Waals surface area contributed by atoms with E-state index in [2.05, 4.69) is 11.2 Å². The van der Waals surface area contributed by atoms with Gasteiger partial charge in [-0.15, -0.1) is 0 Å². The molecule has 25 heavy (non-hydrogen) atoms. The van der Waals surface area contributed by atoms with Crippen molar-refractivity contribution in [1.82, 2.24) is 5.01 Å². The lowest BCUT2D eigenvalue weighted by molar-refractivity contribution is -0.137. The smallest absolute Gasteiger partial charge is 0.303 e. The first-order chi connectivity index (χ1) is 12.0. The number of carboxylic acid groups (broad SMARTS) is 1. The Bertz CT molecular complexity index is 799. The second-order valence-electron chi connectivity index (χ2n) is 6.18. The van der Waals surface area contributed by atoms with Crippen LogP contribution in [-0.4, -0.2) is 27.7 Å². The monoisotopic (exact) mass is 356 g/mol. The van der Waals surface area contributed by atoms with E-state index >= 15 is 0 Å². The van der Waals surface area contributed by atoms with Gasteiger partial charge >= 0.3 is 5.97 Å². The zero-order valence-electron chi connectivity index (χ0n) is 14.0. The number of hydrogen-bond donors (Lipinski definition) is 1. The summed E-state index contributed by atoms with van der Waals surface area (Å²) < 4.78 is 0. The summed E-state index contributed by atoms with van der Waals surface area (Å²) in [5.41, 5.74) is 4.14. The fraction of sp³-hybridized carbons (Fsp3) is 0.316. The van der Waals surface area contributed by atoms with E-state index in [1.165, 1.54) is 0 Å². The van der Waals surface area contributed by atoms with Crippen LogP contribution in [0.25, 0.3) is 0 Å². The van der Waals surface area contributed by atoms with Gasteiger partial charge in [-0.3, -0.25) is 9.59 Å². The quantitative estimate of drug-likeness (QED) is 0.851. The minimum absolute atomic E-state index is 0.00417. The van der Waals surface area contributed by atoms with E-state index in [9.17, 15) is 9.59 Å². The molecule has 1 N–H and O–H groups in total. The summed E-state index contributed by atoms with van der Waals surface area (Å²) in [5, 5.41) is 18.9. The number of carboxylic acids is 1. The highest BCUT2D eigenvalue weighted by Crippen LogP contribution is 2.34. The van der Waals surface area contributed by atoms with E-state index in [-0.39, 0.29) is 24.8 Å². The molecule has 0 spiro atoms. The molecule has 1 aromatic carbocycles. The van der Waals surface area contributed by atoms with Crippen LogP contribution >= 0.6 is 11.3 Å². The maximum absolute atomic E-state index is 12.6. The van der Waals surface area contributed by atoms with Gasteiger partial charge in [0, 0.05) is 24.8 Å². The first-order valence-corrected chi connectivity index (χ1v) is 9.19. The largest absolute Gasteiger partial charge is 0.481 e. The maximum atomic E-state index is 12.6. The van der Waals surface area contributed by atoms with Crippen molar-refractivity contribution in [2.75, 3.05) is 0 Å². The lowest BCUT2D eigenvalue weighted by Gasteiger charge is -2.22. The molecule has 1 aliphatic rings. The predicted octanol–water partition coefficient (Wildman–Crippen LogP) is 3.99. The third-order valence-electron chi connectivity index (χ3n) is 4.23. The first-order valence-electron chi connectivity index (χ1n) is 8.25. The Labute approximate surface area is 150 Å². The van der Waals surface area contributed by atoms with Gasteiger partial charge in [0.15, 0.2) is 0 Å². The van der Waals surface area contributed by atoms with Crippen molar-refractivity contribution in [2.24, 2.45) is 5.10 Å². The Kier molecular flexibility index (Phi) is 5.28. The molecule has 1 atom stereocenters. The highest BCUT2D eigenvalue weighted by Gasteiger charge is 2.32. The molecule has 2 aromatic rings. The summed E-state index contributed by atoms with van der Waals surface area (Å²) in [5.74, 6) is -1.01. The number of hydrazone groups is 1. The molecule has 0 fully saturated rings. The van der Waals surface area contributed by atoms with Crippen LogP contribution in [0.5, 0.6) is 0 Å². The van der Waals surface area contributed by atoms with Crippen LogP contribution in [0.2, 0.25) is 0 Å². The minimum Gasteiger partial charge on any atom is -0.481 e. The summed E-state index contributed by atoms with van der Waals surface area (Å²) in [6, 6.07) is 9.98. The van der Waals surface area contributed by atoms with Crippen LogP contribution < -0.4 is 0 Å². The van der Waals surface area contributed by atoms with Gasteiger partial charge in [0.25, 0.3) is 0 Å². The van der Waals surface area contributed by atoms with Gasteiger partial charge in [0.1, 0.15) is 0 Å². The molecule has 0 unspecified atom stereocenters. The molecular formula is C19H20N2O3S. The number of carbonyl (C=O) groups excluding carboxylic acids is 1.